The lowest BCUT2D eigenvalue weighted by Gasteiger charge is -2.27. The summed E-state index contributed by atoms with van der Waals surface area (Å²) in [6.45, 7) is 3.37. The number of carboxylic acids is 3. The summed E-state index contributed by atoms with van der Waals surface area (Å²) in [5.41, 5.74) is 7.58. The molecule has 0 bridgehead atoms. The zero-order chi connectivity index (χ0) is 37.0. The molecule has 0 fully saturated rings. The Morgan fingerprint density at radius 1 is 0.820 bits per heavy atom. The number of aromatic amines is 2. The van der Waals surface area contributed by atoms with Gasteiger partial charge in [0.05, 0.1) is 18.8 Å². The number of nitrogens with zero attached hydrogens (tertiary/aromatic N) is 1. The van der Waals surface area contributed by atoms with Crippen molar-refractivity contribution < 1.29 is 48.9 Å². The number of carbonyl (C=O) groups is 7. The Hall–Kier alpha value is -5.78. The number of hydrogen-bond donors (Lipinski definition) is 10. The van der Waals surface area contributed by atoms with Crippen LogP contribution in [0.4, 0.5) is 0 Å². The second kappa shape index (κ2) is 18.1. The number of nitrogens with two attached hydrogens (primary N) is 1. The molecule has 0 aliphatic rings. The number of benzene rings is 1. The van der Waals surface area contributed by atoms with E-state index in [0.717, 1.165) is 10.9 Å². The Morgan fingerprint density at radius 2 is 1.44 bits per heavy atom. The first-order valence-corrected chi connectivity index (χ1v) is 15.9. The molecule has 1 aromatic carbocycles. The Morgan fingerprint density at radius 3 is 2.06 bits per heavy atom. The van der Waals surface area contributed by atoms with Crippen LogP contribution < -0.4 is 27.0 Å². The van der Waals surface area contributed by atoms with Crippen molar-refractivity contribution in [3.8, 4) is 0 Å². The minimum atomic E-state index is -1.76. The molecule has 6 atom stereocenters. The van der Waals surface area contributed by atoms with Crippen LogP contribution in [-0.4, -0.2) is 102 Å². The van der Waals surface area contributed by atoms with Gasteiger partial charge in [-0.3, -0.25) is 28.8 Å². The maximum atomic E-state index is 13.7. The molecule has 270 valence electrons. The van der Waals surface area contributed by atoms with E-state index in [9.17, 15) is 43.8 Å². The summed E-state index contributed by atoms with van der Waals surface area (Å²) in [5, 5.41) is 38.7. The Kier molecular flexibility index (Phi) is 14.0. The summed E-state index contributed by atoms with van der Waals surface area (Å²) in [4.78, 5) is 98.1. The van der Waals surface area contributed by atoms with Gasteiger partial charge in [-0.25, -0.2) is 9.78 Å². The molecule has 50 heavy (non-hydrogen) atoms. The van der Waals surface area contributed by atoms with E-state index in [1.165, 1.54) is 12.5 Å². The van der Waals surface area contributed by atoms with Crippen LogP contribution in [0.5, 0.6) is 0 Å². The molecule has 0 spiro atoms. The minimum Gasteiger partial charge on any atom is -0.481 e. The number of aromatic nitrogens is 3. The summed E-state index contributed by atoms with van der Waals surface area (Å²) in [5.74, 6) is -8.19. The predicted molar refractivity (Wildman–Crippen MR) is 176 cm³/mol. The zero-order valence-corrected chi connectivity index (χ0v) is 27.5. The molecule has 3 rings (SSSR count). The van der Waals surface area contributed by atoms with E-state index >= 15 is 0 Å². The maximum Gasteiger partial charge on any atom is 0.326 e. The van der Waals surface area contributed by atoms with Crippen molar-refractivity contribution in [3.05, 3.63) is 54.2 Å². The van der Waals surface area contributed by atoms with Gasteiger partial charge < -0.3 is 52.3 Å². The van der Waals surface area contributed by atoms with E-state index < -0.39 is 90.5 Å². The first-order valence-electron chi connectivity index (χ1n) is 15.9. The van der Waals surface area contributed by atoms with Crippen LogP contribution >= 0.6 is 0 Å². The van der Waals surface area contributed by atoms with E-state index in [0.29, 0.717) is 17.7 Å². The molecule has 0 saturated carbocycles. The molecule has 18 nitrogen and oxygen atoms in total. The van der Waals surface area contributed by atoms with Crippen LogP contribution in [0.2, 0.25) is 0 Å². The molecule has 3 aromatic rings. The van der Waals surface area contributed by atoms with E-state index in [-0.39, 0.29) is 19.3 Å². The fraction of sp³-hybridized carbons (Fsp3) is 0.438. The van der Waals surface area contributed by atoms with Crippen LogP contribution in [0.15, 0.2) is 43.0 Å². The Bertz CT molecular complexity index is 1670. The third-order valence-corrected chi connectivity index (χ3v) is 8.14. The number of hydrogen-bond acceptors (Lipinski definition) is 9. The lowest BCUT2D eigenvalue weighted by atomic mass is 9.98. The van der Waals surface area contributed by atoms with Gasteiger partial charge >= 0.3 is 17.9 Å². The van der Waals surface area contributed by atoms with Crippen LogP contribution in [0, 0.1) is 5.92 Å². The van der Waals surface area contributed by atoms with Crippen molar-refractivity contribution in [1.82, 2.24) is 36.2 Å². The molecule has 0 unspecified atom stereocenters. The van der Waals surface area contributed by atoms with E-state index in [2.05, 4.69) is 36.2 Å². The molecule has 2 heterocycles. The smallest absolute Gasteiger partial charge is 0.326 e. The van der Waals surface area contributed by atoms with E-state index in [1.807, 2.05) is 0 Å². The van der Waals surface area contributed by atoms with Gasteiger partial charge in [0, 0.05) is 48.3 Å². The number of H-pyrrole nitrogens is 2. The lowest BCUT2D eigenvalue weighted by Crippen LogP contribution is -2.59. The van der Waals surface area contributed by atoms with Gasteiger partial charge in [-0.15, -0.1) is 0 Å². The maximum absolute atomic E-state index is 13.7. The Balaban J connectivity index is 1.88. The summed E-state index contributed by atoms with van der Waals surface area (Å²) in [6.07, 6.45) is 2.86. The number of nitrogens with one attached hydrogen (secondary N) is 6. The van der Waals surface area contributed by atoms with Crippen molar-refractivity contribution in [2.75, 3.05) is 0 Å². The molecule has 0 aliphatic carbocycles. The van der Waals surface area contributed by atoms with Gasteiger partial charge in [0.15, 0.2) is 0 Å². The first kappa shape index (κ1) is 38.7. The summed E-state index contributed by atoms with van der Waals surface area (Å²) >= 11 is 0. The number of carbonyl (C=O) groups excluding carboxylic acids is 4. The standard InChI is InChI=1S/C32H42N8O10/c1-3-16(2)27(32(49)50)40-31(48)23(11-18-14-34-15-36-18)38-30(47)24(12-26(43)44)39-29(46)22(37-28(45)20(33)8-9-25(41)42)10-17-13-35-21-7-5-4-6-19(17)21/h4-7,13-16,20,22-24,27,35H,3,8-12,33H2,1-2H3,(H,34,36)(H,37,45)(H,38,47)(H,39,46)(H,40,48)(H,41,42)(H,43,44)(H,49,50)/t16-,20-,22-,23-,24-,27-/m0/s1. The monoisotopic (exact) mass is 698 g/mol. The van der Waals surface area contributed by atoms with Gasteiger partial charge in [-0.05, 0) is 24.0 Å². The highest BCUT2D eigenvalue weighted by atomic mass is 16.4. The average Bonchev–Trinajstić information content (AvgIpc) is 3.74. The summed E-state index contributed by atoms with van der Waals surface area (Å²) < 4.78 is 0. The summed E-state index contributed by atoms with van der Waals surface area (Å²) in [7, 11) is 0. The highest BCUT2D eigenvalue weighted by Crippen LogP contribution is 2.19. The number of rotatable bonds is 20. The highest BCUT2D eigenvalue weighted by molar-refractivity contribution is 5.97. The molecule has 11 N–H and O–H groups in total. The molecular weight excluding hydrogens is 656 g/mol. The van der Waals surface area contributed by atoms with Crippen molar-refractivity contribution in [1.29, 1.82) is 0 Å². The second-order valence-corrected chi connectivity index (χ2v) is 11.9. The van der Waals surface area contributed by atoms with E-state index in [4.69, 9.17) is 10.8 Å². The number of aliphatic carboxylic acids is 3. The van der Waals surface area contributed by atoms with Gasteiger partial charge in [0.2, 0.25) is 23.6 Å². The predicted octanol–water partition coefficient (Wildman–Crippen LogP) is -0.587. The van der Waals surface area contributed by atoms with Crippen LogP contribution in [0.1, 0.15) is 50.8 Å². The fourth-order valence-electron chi connectivity index (χ4n) is 5.11. The third kappa shape index (κ3) is 11.1. The number of imidazole rings is 1. The van der Waals surface area contributed by atoms with Crippen molar-refractivity contribution in [3.63, 3.8) is 0 Å². The quantitative estimate of drug-likeness (QED) is 0.0709. The average molecular weight is 699 g/mol. The van der Waals surface area contributed by atoms with E-state index in [1.54, 1.807) is 44.3 Å². The number of para-hydroxylation sites is 1. The molecule has 0 radical (unpaired) electrons. The van der Waals surface area contributed by atoms with Gasteiger partial charge in [0.1, 0.15) is 24.2 Å². The van der Waals surface area contributed by atoms with Crippen molar-refractivity contribution in [2.45, 2.75) is 82.6 Å². The number of amides is 4. The minimum absolute atomic E-state index is 0.133. The highest BCUT2D eigenvalue weighted by Gasteiger charge is 2.34. The molecular formula is C32H42N8O10. The SMILES string of the molecule is CC[C@H](C)[C@H](NC(=O)[C@H](Cc1cnc[nH]1)NC(=O)[C@H](CC(=O)O)NC(=O)[C@H](Cc1c[nH]c2ccccc12)NC(=O)[C@@H](N)CCC(=O)O)C(=O)O. The zero-order valence-electron chi connectivity index (χ0n) is 27.5. The van der Waals surface area contributed by atoms with Gasteiger partial charge in [-0.2, -0.15) is 0 Å². The topological polar surface area (TPSA) is 299 Å². The van der Waals surface area contributed by atoms with Crippen molar-refractivity contribution in [2.24, 2.45) is 11.7 Å². The summed E-state index contributed by atoms with van der Waals surface area (Å²) in [6, 6.07) is -0.0550. The fourth-order valence-corrected chi connectivity index (χ4v) is 5.11. The van der Waals surface area contributed by atoms with Crippen LogP contribution in [0.3, 0.4) is 0 Å². The van der Waals surface area contributed by atoms with Gasteiger partial charge in [-0.1, -0.05) is 38.5 Å². The molecule has 18 heteroatoms. The molecule has 0 saturated heterocycles. The largest absolute Gasteiger partial charge is 0.481 e. The molecule has 2 aromatic heterocycles. The number of carboxylic acid groups (broad SMARTS) is 3. The van der Waals surface area contributed by atoms with Crippen LogP contribution in [0.25, 0.3) is 10.9 Å². The van der Waals surface area contributed by atoms with Gasteiger partial charge in [0.25, 0.3) is 0 Å². The first-order chi connectivity index (χ1) is 23.7. The molecule has 0 aliphatic heterocycles. The molecule has 4 amide bonds. The second-order valence-electron chi connectivity index (χ2n) is 11.9. The normalized spacial score (nSPS) is 14.7. The van der Waals surface area contributed by atoms with Crippen LogP contribution in [-0.2, 0) is 46.4 Å². The van der Waals surface area contributed by atoms with Crippen molar-refractivity contribution >= 4 is 52.4 Å². The Labute approximate surface area is 286 Å². The lowest BCUT2D eigenvalue weighted by molar-refractivity contribution is -0.144. The number of fused-ring (bicyclic) bond motifs is 1. The third-order valence-electron chi connectivity index (χ3n) is 8.14.